The Hall–Kier alpha value is -2.83. The van der Waals surface area contributed by atoms with E-state index in [2.05, 4.69) is 14.8 Å². The first-order valence-electron chi connectivity index (χ1n) is 6.99. The van der Waals surface area contributed by atoms with E-state index in [-0.39, 0.29) is 11.6 Å². The molecule has 0 aliphatic carbocycles. The summed E-state index contributed by atoms with van der Waals surface area (Å²) in [6.07, 6.45) is 1.74. The van der Waals surface area contributed by atoms with Crippen molar-refractivity contribution >= 4 is 23.5 Å². The highest BCUT2D eigenvalue weighted by molar-refractivity contribution is 5.99. The number of hydrogen-bond donors (Lipinski definition) is 1. The van der Waals surface area contributed by atoms with Crippen molar-refractivity contribution in [3.8, 4) is 0 Å². The number of amides is 1. The van der Waals surface area contributed by atoms with Gasteiger partial charge in [0.15, 0.2) is 0 Å². The predicted molar refractivity (Wildman–Crippen MR) is 82.8 cm³/mol. The Morgan fingerprint density at radius 2 is 2.00 bits per heavy atom. The van der Waals surface area contributed by atoms with Gasteiger partial charge in [0.05, 0.1) is 20.3 Å². The number of likely N-dealkylation sites (N-methyl/N-ethyl adjacent to an activating group) is 1. The molecule has 1 aliphatic rings. The Morgan fingerprint density at radius 1 is 1.26 bits per heavy atom. The second-order valence-electron chi connectivity index (χ2n) is 5.05. The van der Waals surface area contributed by atoms with Crippen LogP contribution in [-0.4, -0.2) is 50.6 Å². The Bertz CT molecular complexity index is 681. The lowest BCUT2D eigenvalue weighted by Gasteiger charge is -2.25. The van der Waals surface area contributed by atoms with Crippen LogP contribution in [0.4, 0.5) is 5.69 Å². The highest BCUT2D eigenvalue weighted by Gasteiger charge is 2.22. The van der Waals surface area contributed by atoms with Gasteiger partial charge in [-0.2, -0.15) is 0 Å². The number of anilines is 1. The van der Waals surface area contributed by atoms with E-state index >= 15 is 0 Å². The Morgan fingerprint density at radius 3 is 2.65 bits per heavy atom. The zero-order valence-electron chi connectivity index (χ0n) is 13.2. The van der Waals surface area contributed by atoms with Gasteiger partial charge in [-0.3, -0.25) is 4.79 Å². The monoisotopic (exact) mass is 318 g/mol. The third kappa shape index (κ3) is 3.68. The summed E-state index contributed by atoms with van der Waals surface area (Å²) in [4.78, 5) is 36.8. The molecule has 7 nitrogen and oxygen atoms in total. The summed E-state index contributed by atoms with van der Waals surface area (Å²) >= 11 is 0. The molecule has 0 radical (unpaired) electrons. The molecule has 2 rings (SSSR count). The molecular weight excluding hydrogens is 300 g/mol. The minimum absolute atomic E-state index is 0.0314. The number of benzene rings is 1. The lowest BCUT2D eigenvalue weighted by atomic mass is 9.98. The lowest BCUT2D eigenvalue weighted by molar-refractivity contribution is -0.138. The molecule has 122 valence electrons. The largest absolute Gasteiger partial charge is 0.466 e. The first-order valence-corrected chi connectivity index (χ1v) is 6.99. The van der Waals surface area contributed by atoms with Crippen LogP contribution in [0.1, 0.15) is 15.9 Å². The number of ether oxygens (including phenoxy) is 2. The molecule has 0 bridgehead atoms. The van der Waals surface area contributed by atoms with E-state index in [1.165, 1.54) is 14.2 Å². The molecule has 1 aliphatic heterocycles. The summed E-state index contributed by atoms with van der Waals surface area (Å²) in [6, 6.07) is 5.15. The molecule has 0 spiro atoms. The first kappa shape index (κ1) is 16.5. The Balaban J connectivity index is 2.28. The van der Waals surface area contributed by atoms with Gasteiger partial charge in [0, 0.05) is 24.8 Å². The number of carbonyl (C=O) groups is 3. The number of carbonyl (C=O) groups excluding carboxylic acids is 3. The van der Waals surface area contributed by atoms with Gasteiger partial charge < -0.3 is 19.7 Å². The van der Waals surface area contributed by atoms with E-state index in [1.807, 2.05) is 0 Å². The summed E-state index contributed by atoms with van der Waals surface area (Å²) in [5.74, 6) is -1.40. The van der Waals surface area contributed by atoms with Crippen molar-refractivity contribution in [1.82, 2.24) is 4.90 Å². The SMILES string of the molecule is COC(=O)/C=C(/Nc1ccc2c(c1)CCN(C)C2=O)C(=O)OC. The zero-order chi connectivity index (χ0) is 17.0. The molecule has 1 amide bonds. The van der Waals surface area contributed by atoms with E-state index < -0.39 is 11.9 Å². The highest BCUT2D eigenvalue weighted by atomic mass is 16.5. The van der Waals surface area contributed by atoms with Crippen molar-refractivity contribution < 1.29 is 23.9 Å². The highest BCUT2D eigenvalue weighted by Crippen LogP contribution is 2.23. The van der Waals surface area contributed by atoms with E-state index in [4.69, 9.17) is 0 Å². The molecule has 1 aromatic rings. The van der Waals surface area contributed by atoms with E-state index in [0.717, 1.165) is 18.1 Å². The number of hydrogen-bond acceptors (Lipinski definition) is 6. The normalized spacial score (nSPS) is 14.1. The Kier molecular flexibility index (Phi) is 5.00. The van der Waals surface area contributed by atoms with Crippen molar-refractivity contribution in [3.05, 3.63) is 41.1 Å². The molecule has 0 fully saturated rings. The molecular formula is C16H18N2O5. The first-order chi connectivity index (χ1) is 11.0. The average Bonchev–Trinajstić information content (AvgIpc) is 2.56. The van der Waals surface area contributed by atoms with E-state index in [9.17, 15) is 14.4 Å². The minimum Gasteiger partial charge on any atom is -0.466 e. The molecule has 1 aromatic carbocycles. The van der Waals surface area contributed by atoms with Gasteiger partial charge in [-0.05, 0) is 30.2 Å². The lowest BCUT2D eigenvalue weighted by Crippen LogP contribution is -2.34. The second kappa shape index (κ2) is 6.95. The molecule has 1 heterocycles. The molecule has 0 atom stereocenters. The van der Waals surface area contributed by atoms with Crippen molar-refractivity contribution in [2.45, 2.75) is 6.42 Å². The summed E-state index contributed by atoms with van der Waals surface area (Å²) < 4.78 is 9.15. The fourth-order valence-electron chi connectivity index (χ4n) is 2.27. The van der Waals surface area contributed by atoms with Crippen molar-refractivity contribution in [3.63, 3.8) is 0 Å². The van der Waals surface area contributed by atoms with Crippen LogP contribution in [-0.2, 0) is 25.5 Å². The second-order valence-corrected chi connectivity index (χ2v) is 5.05. The quantitative estimate of drug-likeness (QED) is 0.657. The smallest absolute Gasteiger partial charge is 0.354 e. The maximum Gasteiger partial charge on any atom is 0.354 e. The number of esters is 2. The minimum atomic E-state index is -0.691. The average molecular weight is 318 g/mol. The van der Waals surface area contributed by atoms with E-state index in [1.54, 1.807) is 30.1 Å². The summed E-state index contributed by atoms with van der Waals surface area (Å²) in [6.45, 7) is 0.636. The maximum atomic E-state index is 12.0. The standard InChI is InChI=1S/C16H18N2O5/c1-18-7-6-10-8-11(4-5-12(10)15(18)20)17-13(16(21)23-3)9-14(19)22-2/h4-5,8-9,17H,6-7H2,1-3H3/b13-9+. The topological polar surface area (TPSA) is 84.9 Å². The predicted octanol–water partition coefficient (Wildman–Crippen LogP) is 0.956. The number of nitrogens with one attached hydrogen (secondary N) is 1. The van der Waals surface area contributed by atoms with Crippen LogP contribution in [0.5, 0.6) is 0 Å². The van der Waals surface area contributed by atoms with Gasteiger partial charge in [-0.1, -0.05) is 0 Å². The number of methoxy groups -OCH3 is 2. The zero-order valence-corrected chi connectivity index (χ0v) is 13.2. The molecule has 0 saturated heterocycles. The number of fused-ring (bicyclic) bond motifs is 1. The van der Waals surface area contributed by atoms with Gasteiger partial charge in [-0.15, -0.1) is 0 Å². The van der Waals surface area contributed by atoms with Gasteiger partial charge in [0.2, 0.25) is 0 Å². The maximum absolute atomic E-state index is 12.0. The summed E-state index contributed by atoms with van der Waals surface area (Å²) in [5.41, 5.74) is 2.07. The number of rotatable bonds is 4. The molecule has 0 unspecified atom stereocenters. The van der Waals surface area contributed by atoms with Crippen LogP contribution in [0.15, 0.2) is 30.0 Å². The van der Waals surface area contributed by atoms with Crippen LogP contribution < -0.4 is 5.32 Å². The molecule has 23 heavy (non-hydrogen) atoms. The number of nitrogens with zero attached hydrogens (tertiary/aromatic N) is 1. The van der Waals surface area contributed by atoms with Crippen LogP contribution >= 0.6 is 0 Å². The van der Waals surface area contributed by atoms with Gasteiger partial charge >= 0.3 is 11.9 Å². The Labute approximate surface area is 133 Å². The van der Waals surface area contributed by atoms with Gasteiger partial charge in [-0.25, -0.2) is 9.59 Å². The van der Waals surface area contributed by atoms with Gasteiger partial charge in [0.1, 0.15) is 5.70 Å². The van der Waals surface area contributed by atoms with Crippen molar-refractivity contribution in [2.75, 3.05) is 33.1 Å². The fraction of sp³-hybridized carbons (Fsp3) is 0.312. The van der Waals surface area contributed by atoms with Crippen LogP contribution in [0.3, 0.4) is 0 Å². The summed E-state index contributed by atoms with van der Waals surface area (Å²) in [5, 5.41) is 2.83. The molecule has 0 saturated carbocycles. The van der Waals surface area contributed by atoms with Crippen LogP contribution in [0, 0.1) is 0 Å². The van der Waals surface area contributed by atoms with E-state index in [0.29, 0.717) is 17.8 Å². The summed E-state index contributed by atoms with van der Waals surface area (Å²) in [7, 11) is 4.19. The van der Waals surface area contributed by atoms with Crippen molar-refractivity contribution in [2.24, 2.45) is 0 Å². The third-order valence-electron chi connectivity index (χ3n) is 3.55. The van der Waals surface area contributed by atoms with Crippen LogP contribution in [0.25, 0.3) is 0 Å². The molecule has 0 aromatic heterocycles. The molecule has 7 heteroatoms. The fourth-order valence-corrected chi connectivity index (χ4v) is 2.27. The third-order valence-corrected chi connectivity index (χ3v) is 3.55. The van der Waals surface area contributed by atoms with Crippen LogP contribution in [0.2, 0.25) is 0 Å². The van der Waals surface area contributed by atoms with Gasteiger partial charge in [0.25, 0.3) is 5.91 Å². The molecule has 1 N–H and O–H groups in total. The van der Waals surface area contributed by atoms with Crippen molar-refractivity contribution in [1.29, 1.82) is 0 Å².